The lowest BCUT2D eigenvalue weighted by Crippen LogP contribution is -1.89. The smallest absolute Gasteiger partial charge is 0.0502 e. The van der Waals surface area contributed by atoms with Crippen LogP contribution < -0.4 is 0 Å². The summed E-state index contributed by atoms with van der Waals surface area (Å²) in [5.41, 5.74) is 1.11. The number of aliphatic hydroxyl groups excluding tert-OH is 1. The van der Waals surface area contributed by atoms with Crippen LogP contribution in [0.2, 0.25) is 0 Å². The molecule has 0 aliphatic carbocycles. The van der Waals surface area contributed by atoms with Crippen LogP contribution in [-0.2, 0) is 5.75 Å². The molecule has 2 nitrogen and oxygen atoms in total. The number of aliphatic hydroxyl groups is 1. The number of nitrogens with zero attached hydrogens (tertiary/aromatic N) is 1. The van der Waals surface area contributed by atoms with Crippen LogP contribution in [0.1, 0.15) is 12.1 Å². The minimum atomic E-state index is 0.287. The van der Waals surface area contributed by atoms with Gasteiger partial charge in [0.15, 0.2) is 0 Å². The van der Waals surface area contributed by atoms with E-state index in [1.165, 1.54) is 0 Å². The standard InChI is InChI=1S/C9H13NOS/c11-6-3-7-12-8-9-4-1-2-5-10-9/h1-2,4-5,11H,3,6-8H2. The van der Waals surface area contributed by atoms with Crippen molar-refractivity contribution in [2.45, 2.75) is 12.2 Å². The van der Waals surface area contributed by atoms with Crippen LogP contribution in [0, 0.1) is 0 Å². The second-order valence-corrected chi connectivity index (χ2v) is 3.56. The lowest BCUT2D eigenvalue weighted by atomic mass is 10.4. The minimum Gasteiger partial charge on any atom is -0.396 e. The number of rotatable bonds is 5. The van der Waals surface area contributed by atoms with Gasteiger partial charge < -0.3 is 5.11 Å². The highest BCUT2D eigenvalue weighted by Crippen LogP contribution is 2.09. The Morgan fingerprint density at radius 3 is 3.00 bits per heavy atom. The van der Waals surface area contributed by atoms with Crippen molar-refractivity contribution >= 4 is 11.8 Å². The zero-order chi connectivity index (χ0) is 8.65. The van der Waals surface area contributed by atoms with Crippen molar-refractivity contribution in [3.05, 3.63) is 30.1 Å². The maximum absolute atomic E-state index is 8.53. The van der Waals surface area contributed by atoms with Crippen LogP contribution in [0.3, 0.4) is 0 Å². The van der Waals surface area contributed by atoms with Crippen molar-refractivity contribution in [3.63, 3.8) is 0 Å². The summed E-state index contributed by atoms with van der Waals surface area (Å²) in [5, 5.41) is 8.53. The fourth-order valence-corrected chi connectivity index (χ4v) is 1.68. The molecular formula is C9H13NOS. The number of aromatic nitrogens is 1. The molecule has 0 saturated heterocycles. The highest BCUT2D eigenvalue weighted by atomic mass is 32.2. The van der Waals surface area contributed by atoms with E-state index in [0.717, 1.165) is 23.6 Å². The SMILES string of the molecule is OCCCSCc1ccccn1. The normalized spacial score (nSPS) is 10.1. The van der Waals surface area contributed by atoms with Gasteiger partial charge in [-0.1, -0.05) is 6.07 Å². The Kier molecular flexibility index (Phi) is 4.80. The fraction of sp³-hybridized carbons (Fsp3) is 0.444. The van der Waals surface area contributed by atoms with Gasteiger partial charge in [-0.2, -0.15) is 11.8 Å². The predicted molar refractivity (Wildman–Crippen MR) is 52.1 cm³/mol. The highest BCUT2D eigenvalue weighted by molar-refractivity contribution is 7.98. The Bertz CT molecular complexity index is 203. The van der Waals surface area contributed by atoms with E-state index in [0.29, 0.717) is 0 Å². The van der Waals surface area contributed by atoms with E-state index in [9.17, 15) is 0 Å². The van der Waals surface area contributed by atoms with Crippen LogP contribution in [0.15, 0.2) is 24.4 Å². The number of pyridine rings is 1. The largest absolute Gasteiger partial charge is 0.396 e. The van der Waals surface area contributed by atoms with Gasteiger partial charge in [-0.3, -0.25) is 4.98 Å². The third-order valence-electron chi connectivity index (χ3n) is 1.42. The van der Waals surface area contributed by atoms with E-state index in [2.05, 4.69) is 4.98 Å². The van der Waals surface area contributed by atoms with Gasteiger partial charge in [0, 0.05) is 18.6 Å². The molecule has 0 aliphatic heterocycles. The van der Waals surface area contributed by atoms with E-state index < -0.39 is 0 Å². The van der Waals surface area contributed by atoms with Gasteiger partial charge in [0.1, 0.15) is 0 Å². The monoisotopic (exact) mass is 183 g/mol. The van der Waals surface area contributed by atoms with E-state index in [-0.39, 0.29) is 6.61 Å². The molecule has 0 amide bonds. The fourth-order valence-electron chi connectivity index (χ4n) is 0.827. The first-order chi connectivity index (χ1) is 5.93. The van der Waals surface area contributed by atoms with Gasteiger partial charge in [-0.15, -0.1) is 0 Å². The molecule has 0 aromatic carbocycles. The maximum Gasteiger partial charge on any atom is 0.0502 e. The Labute approximate surface area is 77.0 Å². The van der Waals surface area contributed by atoms with Gasteiger partial charge in [0.05, 0.1) is 5.69 Å². The number of hydrogen-bond donors (Lipinski definition) is 1. The molecule has 0 bridgehead atoms. The van der Waals surface area contributed by atoms with Crippen molar-refractivity contribution in [1.82, 2.24) is 4.98 Å². The summed E-state index contributed by atoms with van der Waals surface area (Å²) in [5.74, 6) is 1.95. The summed E-state index contributed by atoms with van der Waals surface area (Å²) in [7, 11) is 0. The van der Waals surface area contributed by atoms with Gasteiger partial charge in [-0.25, -0.2) is 0 Å². The molecule has 0 radical (unpaired) electrons. The lowest BCUT2D eigenvalue weighted by Gasteiger charge is -1.98. The predicted octanol–water partition coefficient (Wildman–Crippen LogP) is 1.70. The summed E-state index contributed by atoms with van der Waals surface area (Å²) >= 11 is 1.81. The van der Waals surface area contributed by atoms with Crippen molar-refractivity contribution < 1.29 is 5.11 Å². The zero-order valence-corrected chi connectivity index (χ0v) is 7.76. The molecule has 1 aromatic heterocycles. The van der Waals surface area contributed by atoms with Crippen LogP contribution in [0.5, 0.6) is 0 Å². The first kappa shape index (κ1) is 9.55. The van der Waals surface area contributed by atoms with E-state index >= 15 is 0 Å². The quantitative estimate of drug-likeness (QED) is 0.705. The lowest BCUT2D eigenvalue weighted by molar-refractivity contribution is 0.296. The molecule has 0 atom stereocenters. The maximum atomic E-state index is 8.53. The Hall–Kier alpha value is -0.540. The topological polar surface area (TPSA) is 33.1 Å². The van der Waals surface area contributed by atoms with Crippen LogP contribution in [0.4, 0.5) is 0 Å². The Morgan fingerprint density at radius 2 is 2.33 bits per heavy atom. The molecule has 1 aromatic rings. The minimum absolute atomic E-state index is 0.287. The first-order valence-electron chi connectivity index (χ1n) is 4.02. The van der Waals surface area contributed by atoms with E-state index in [1.54, 1.807) is 0 Å². The summed E-state index contributed by atoms with van der Waals surface area (Å²) in [4.78, 5) is 4.19. The third kappa shape index (κ3) is 3.74. The molecule has 3 heteroatoms. The molecule has 1 N–H and O–H groups in total. The second-order valence-electron chi connectivity index (χ2n) is 2.45. The van der Waals surface area contributed by atoms with Gasteiger partial charge in [0.25, 0.3) is 0 Å². The molecule has 0 aliphatic rings. The summed E-state index contributed by atoms with van der Waals surface area (Å²) in [6.07, 6.45) is 2.68. The second kappa shape index (κ2) is 6.03. The van der Waals surface area contributed by atoms with Crippen molar-refractivity contribution in [2.24, 2.45) is 0 Å². The van der Waals surface area contributed by atoms with E-state index in [4.69, 9.17) is 5.11 Å². The van der Waals surface area contributed by atoms with Gasteiger partial charge >= 0.3 is 0 Å². The van der Waals surface area contributed by atoms with E-state index in [1.807, 2.05) is 36.2 Å². The summed E-state index contributed by atoms with van der Waals surface area (Å²) in [6, 6.07) is 5.93. The van der Waals surface area contributed by atoms with Crippen LogP contribution >= 0.6 is 11.8 Å². The Balaban J connectivity index is 2.16. The molecule has 0 unspecified atom stereocenters. The zero-order valence-electron chi connectivity index (χ0n) is 6.94. The number of thioether (sulfide) groups is 1. The summed E-state index contributed by atoms with van der Waals surface area (Å²) in [6.45, 7) is 0.287. The average molecular weight is 183 g/mol. The molecule has 12 heavy (non-hydrogen) atoms. The van der Waals surface area contributed by atoms with Crippen molar-refractivity contribution in [3.8, 4) is 0 Å². The highest BCUT2D eigenvalue weighted by Gasteiger charge is 1.92. The van der Waals surface area contributed by atoms with Crippen molar-refractivity contribution in [1.29, 1.82) is 0 Å². The molecule has 1 rings (SSSR count). The molecule has 0 fully saturated rings. The molecule has 0 saturated carbocycles. The van der Waals surface area contributed by atoms with Crippen molar-refractivity contribution in [2.75, 3.05) is 12.4 Å². The summed E-state index contributed by atoms with van der Waals surface area (Å²) < 4.78 is 0. The third-order valence-corrected chi connectivity index (χ3v) is 2.50. The molecule has 0 spiro atoms. The van der Waals surface area contributed by atoms with Crippen LogP contribution in [-0.4, -0.2) is 22.5 Å². The van der Waals surface area contributed by atoms with Crippen LogP contribution in [0.25, 0.3) is 0 Å². The van der Waals surface area contributed by atoms with Gasteiger partial charge in [-0.05, 0) is 24.3 Å². The molecule has 66 valence electrons. The van der Waals surface area contributed by atoms with Gasteiger partial charge in [0.2, 0.25) is 0 Å². The Morgan fingerprint density at radius 1 is 1.42 bits per heavy atom. The number of hydrogen-bond acceptors (Lipinski definition) is 3. The first-order valence-corrected chi connectivity index (χ1v) is 5.17. The molecular weight excluding hydrogens is 170 g/mol. The average Bonchev–Trinajstić information content (AvgIpc) is 2.14. The molecule has 1 heterocycles.